The van der Waals surface area contributed by atoms with Crippen LogP contribution in [0, 0.1) is 11.8 Å². The van der Waals surface area contributed by atoms with E-state index >= 15 is 0 Å². The lowest BCUT2D eigenvalue weighted by Gasteiger charge is -2.31. The molecule has 1 rings (SSSR count). The number of carboxylic acid groups (broad SMARTS) is 1. The average Bonchev–Trinajstić information content (AvgIpc) is 2.14. The molecule has 2 amide bonds. The normalized spacial score (nSPS) is 22.5. The summed E-state index contributed by atoms with van der Waals surface area (Å²) in [5, 5.41) is 11.4. The molecule has 6 heteroatoms. The second-order valence-electron chi connectivity index (χ2n) is 4.46. The Balaban J connectivity index is 2.26. The molecule has 0 spiro atoms. The molecule has 17 heavy (non-hydrogen) atoms. The van der Waals surface area contributed by atoms with Gasteiger partial charge in [-0.1, -0.05) is 0 Å². The monoisotopic (exact) mass is 242 g/mol. The van der Waals surface area contributed by atoms with Gasteiger partial charge in [-0.15, -0.1) is 0 Å². The summed E-state index contributed by atoms with van der Waals surface area (Å²) >= 11 is 0. The van der Waals surface area contributed by atoms with Crippen LogP contribution >= 0.6 is 0 Å². The molecule has 96 valence electrons. The lowest BCUT2D eigenvalue weighted by molar-refractivity contribution is -0.152. The predicted octanol–water partition coefficient (Wildman–Crippen LogP) is -0.308. The molecule has 1 saturated carbocycles. The van der Waals surface area contributed by atoms with E-state index in [0.717, 1.165) is 0 Å². The Bertz CT molecular complexity index is 327. The molecule has 2 N–H and O–H groups in total. The van der Waals surface area contributed by atoms with Crippen molar-refractivity contribution in [1.29, 1.82) is 0 Å². The van der Waals surface area contributed by atoms with E-state index in [1.165, 1.54) is 4.90 Å². The fourth-order valence-corrected chi connectivity index (χ4v) is 1.76. The first-order valence-electron chi connectivity index (χ1n) is 5.64. The molecule has 2 unspecified atom stereocenters. The number of rotatable bonds is 5. The highest BCUT2D eigenvalue weighted by atomic mass is 16.4. The molecule has 1 aliphatic rings. The van der Waals surface area contributed by atoms with Crippen LogP contribution in [0.1, 0.15) is 19.3 Å². The Morgan fingerprint density at radius 3 is 2.24 bits per heavy atom. The third kappa shape index (κ3) is 3.44. The number of hydrogen-bond donors (Lipinski definition) is 2. The van der Waals surface area contributed by atoms with Crippen molar-refractivity contribution in [1.82, 2.24) is 10.2 Å². The van der Waals surface area contributed by atoms with Crippen LogP contribution in [0.3, 0.4) is 0 Å². The van der Waals surface area contributed by atoms with Crippen molar-refractivity contribution < 1.29 is 19.5 Å². The van der Waals surface area contributed by atoms with E-state index in [9.17, 15) is 14.4 Å². The van der Waals surface area contributed by atoms with Gasteiger partial charge in [-0.05, 0) is 12.8 Å². The minimum absolute atomic E-state index is 0.0614. The minimum atomic E-state index is -0.916. The standard InChI is InChI=1S/C11H18N2O4/c1-13(2)9(14)5-6-12-10(15)7-3-4-8(7)11(16)17/h7-8H,3-6H2,1-2H3,(H,12,15)(H,16,17). The molecule has 2 atom stereocenters. The third-order valence-electron chi connectivity index (χ3n) is 3.07. The van der Waals surface area contributed by atoms with Gasteiger partial charge in [0.25, 0.3) is 0 Å². The topological polar surface area (TPSA) is 86.7 Å². The molecule has 0 aromatic rings. The van der Waals surface area contributed by atoms with Crippen molar-refractivity contribution in [2.45, 2.75) is 19.3 Å². The lowest BCUT2D eigenvalue weighted by Crippen LogP contribution is -2.44. The number of hydrogen-bond acceptors (Lipinski definition) is 3. The first-order valence-corrected chi connectivity index (χ1v) is 5.64. The van der Waals surface area contributed by atoms with E-state index in [-0.39, 0.29) is 24.8 Å². The fourth-order valence-electron chi connectivity index (χ4n) is 1.76. The highest BCUT2D eigenvalue weighted by Gasteiger charge is 2.41. The van der Waals surface area contributed by atoms with Crippen LogP contribution < -0.4 is 5.32 Å². The zero-order valence-corrected chi connectivity index (χ0v) is 10.1. The summed E-state index contributed by atoms with van der Waals surface area (Å²) in [6.07, 6.45) is 1.41. The highest BCUT2D eigenvalue weighted by molar-refractivity contribution is 5.86. The van der Waals surface area contributed by atoms with Crippen molar-refractivity contribution >= 4 is 17.8 Å². The molecule has 0 aliphatic heterocycles. The van der Waals surface area contributed by atoms with Crippen LogP contribution in [0.2, 0.25) is 0 Å². The van der Waals surface area contributed by atoms with Crippen LogP contribution in [0.4, 0.5) is 0 Å². The third-order valence-corrected chi connectivity index (χ3v) is 3.07. The van der Waals surface area contributed by atoms with Crippen molar-refractivity contribution in [2.75, 3.05) is 20.6 Å². The van der Waals surface area contributed by atoms with Crippen LogP contribution in [-0.2, 0) is 14.4 Å². The summed E-state index contributed by atoms with van der Waals surface area (Å²) in [5.41, 5.74) is 0. The second-order valence-corrected chi connectivity index (χ2v) is 4.46. The van der Waals surface area contributed by atoms with Crippen LogP contribution in [0.5, 0.6) is 0 Å². The Labute approximate surface area is 100.0 Å². The minimum Gasteiger partial charge on any atom is -0.481 e. The van der Waals surface area contributed by atoms with Gasteiger partial charge in [-0.2, -0.15) is 0 Å². The molecule has 0 aromatic carbocycles. The number of amides is 2. The van der Waals surface area contributed by atoms with Gasteiger partial charge in [0.05, 0.1) is 11.8 Å². The summed E-state index contributed by atoms with van der Waals surface area (Å²) in [7, 11) is 3.30. The van der Waals surface area contributed by atoms with E-state index < -0.39 is 17.8 Å². The van der Waals surface area contributed by atoms with Crippen molar-refractivity contribution in [2.24, 2.45) is 11.8 Å². The first-order chi connectivity index (χ1) is 7.93. The number of nitrogens with zero attached hydrogens (tertiary/aromatic N) is 1. The number of nitrogens with one attached hydrogen (secondary N) is 1. The van der Waals surface area contributed by atoms with Crippen LogP contribution in [-0.4, -0.2) is 48.4 Å². The van der Waals surface area contributed by atoms with Crippen molar-refractivity contribution in [3.05, 3.63) is 0 Å². The second kappa shape index (κ2) is 5.65. The Kier molecular flexibility index (Phi) is 4.48. The Morgan fingerprint density at radius 1 is 1.24 bits per heavy atom. The summed E-state index contributed by atoms with van der Waals surface area (Å²) in [4.78, 5) is 35.0. The number of carbonyl (C=O) groups is 3. The van der Waals surface area contributed by atoms with Gasteiger partial charge in [0.15, 0.2) is 0 Å². The summed E-state index contributed by atoms with van der Waals surface area (Å²) in [6, 6.07) is 0. The summed E-state index contributed by atoms with van der Waals surface area (Å²) in [6.45, 7) is 0.263. The molecule has 0 saturated heterocycles. The zero-order chi connectivity index (χ0) is 13.0. The number of aliphatic carboxylic acids is 1. The van der Waals surface area contributed by atoms with E-state index in [1.807, 2.05) is 0 Å². The predicted molar refractivity (Wildman–Crippen MR) is 60.2 cm³/mol. The molecule has 1 fully saturated rings. The molecule has 0 radical (unpaired) electrons. The summed E-state index contributed by atoms with van der Waals surface area (Å²) in [5.74, 6) is -2.22. The zero-order valence-electron chi connectivity index (χ0n) is 10.1. The lowest BCUT2D eigenvalue weighted by atomic mass is 9.73. The van der Waals surface area contributed by atoms with E-state index in [0.29, 0.717) is 12.8 Å². The van der Waals surface area contributed by atoms with Gasteiger partial charge in [-0.3, -0.25) is 14.4 Å². The first kappa shape index (κ1) is 13.5. The van der Waals surface area contributed by atoms with Gasteiger partial charge in [0, 0.05) is 27.1 Å². The maximum Gasteiger partial charge on any atom is 0.307 e. The SMILES string of the molecule is CN(C)C(=O)CCNC(=O)C1CCC1C(=O)O. The smallest absolute Gasteiger partial charge is 0.307 e. The maximum atomic E-state index is 11.6. The average molecular weight is 242 g/mol. The van der Waals surface area contributed by atoms with Gasteiger partial charge in [-0.25, -0.2) is 0 Å². The van der Waals surface area contributed by atoms with Gasteiger partial charge in [0.2, 0.25) is 11.8 Å². The van der Waals surface area contributed by atoms with Crippen LogP contribution in [0.15, 0.2) is 0 Å². The van der Waals surface area contributed by atoms with E-state index in [4.69, 9.17) is 5.11 Å². The van der Waals surface area contributed by atoms with Crippen LogP contribution in [0.25, 0.3) is 0 Å². The number of carbonyl (C=O) groups excluding carboxylic acids is 2. The molecular weight excluding hydrogens is 224 g/mol. The Hall–Kier alpha value is -1.59. The summed E-state index contributed by atoms with van der Waals surface area (Å²) < 4.78 is 0. The highest BCUT2D eigenvalue weighted by Crippen LogP contribution is 2.34. The molecule has 0 bridgehead atoms. The largest absolute Gasteiger partial charge is 0.481 e. The molecular formula is C11H18N2O4. The van der Waals surface area contributed by atoms with Gasteiger partial charge < -0.3 is 15.3 Å². The van der Waals surface area contributed by atoms with Gasteiger partial charge >= 0.3 is 5.97 Å². The van der Waals surface area contributed by atoms with Crippen molar-refractivity contribution in [3.63, 3.8) is 0 Å². The molecule has 0 aromatic heterocycles. The van der Waals surface area contributed by atoms with E-state index in [2.05, 4.69) is 5.32 Å². The number of carboxylic acids is 1. The quantitative estimate of drug-likeness (QED) is 0.692. The van der Waals surface area contributed by atoms with E-state index in [1.54, 1.807) is 14.1 Å². The molecule has 1 aliphatic carbocycles. The molecule has 0 heterocycles. The fraction of sp³-hybridized carbons (Fsp3) is 0.727. The maximum absolute atomic E-state index is 11.6. The van der Waals surface area contributed by atoms with Crippen molar-refractivity contribution in [3.8, 4) is 0 Å². The molecule has 6 nitrogen and oxygen atoms in total. The van der Waals surface area contributed by atoms with Gasteiger partial charge in [0.1, 0.15) is 0 Å². The Morgan fingerprint density at radius 2 is 1.82 bits per heavy atom.